The smallest absolute Gasteiger partial charge is 0.196 e. The molecule has 0 aliphatic rings. The lowest BCUT2D eigenvalue weighted by Gasteiger charge is -2.08. The first-order chi connectivity index (χ1) is 9.40. The third-order valence-electron chi connectivity index (χ3n) is 3.33. The van der Waals surface area contributed by atoms with Crippen LogP contribution >= 0.6 is 0 Å². The van der Waals surface area contributed by atoms with Crippen molar-refractivity contribution in [2.75, 3.05) is 0 Å². The Labute approximate surface area is 117 Å². The SMILES string of the molecule is Cc1cc(F)c(C(=O)c2ccc(C(C)C)cc2)cc1F. The lowest BCUT2D eigenvalue weighted by molar-refractivity contribution is 0.103. The number of carbonyl (C=O) groups excluding carboxylic acids is 1. The average molecular weight is 274 g/mol. The van der Waals surface area contributed by atoms with Crippen molar-refractivity contribution in [2.24, 2.45) is 0 Å². The number of carbonyl (C=O) groups is 1. The second-order valence-corrected chi connectivity index (χ2v) is 5.19. The topological polar surface area (TPSA) is 17.1 Å². The fourth-order valence-electron chi connectivity index (χ4n) is 2.00. The van der Waals surface area contributed by atoms with Gasteiger partial charge in [0.15, 0.2) is 5.78 Å². The minimum atomic E-state index is -0.693. The largest absolute Gasteiger partial charge is 0.288 e. The van der Waals surface area contributed by atoms with Crippen molar-refractivity contribution >= 4 is 5.78 Å². The van der Waals surface area contributed by atoms with E-state index in [1.54, 1.807) is 12.1 Å². The van der Waals surface area contributed by atoms with Gasteiger partial charge in [0.1, 0.15) is 11.6 Å². The molecular weight excluding hydrogens is 258 g/mol. The van der Waals surface area contributed by atoms with Gasteiger partial charge in [-0.3, -0.25) is 4.79 Å². The molecule has 2 rings (SSSR count). The van der Waals surface area contributed by atoms with Crippen LogP contribution < -0.4 is 0 Å². The fraction of sp³-hybridized carbons (Fsp3) is 0.235. The van der Waals surface area contributed by atoms with E-state index >= 15 is 0 Å². The van der Waals surface area contributed by atoms with E-state index in [0.717, 1.165) is 17.7 Å². The van der Waals surface area contributed by atoms with Gasteiger partial charge in [-0.05, 0) is 36.1 Å². The maximum Gasteiger partial charge on any atom is 0.196 e. The summed E-state index contributed by atoms with van der Waals surface area (Å²) in [6.45, 7) is 5.56. The Morgan fingerprint density at radius 2 is 1.60 bits per heavy atom. The standard InChI is InChI=1S/C17H16F2O/c1-10(2)12-4-6-13(7-5-12)17(20)14-9-15(18)11(3)8-16(14)19/h4-10H,1-3H3. The van der Waals surface area contributed by atoms with E-state index in [0.29, 0.717) is 11.5 Å². The first-order valence-electron chi connectivity index (χ1n) is 6.50. The van der Waals surface area contributed by atoms with Gasteiger partial charge in [0.2, 0.25) is 0 Å². The Bertz CT molecular complexity index is 643. The molecule has 3 heteroatoms. The number of rotatable bonds is 3. The third-order valence-corrected chi connectivity index (χ3v) is 3.33. The molecule has 20 heavy (non-hydrogen) atoms. The summed E-state index contributed by atoms with van der Waals surface area (Å²) in [5, 5.41) is 0. The first kappa shape index (κ1) is 14.4. The number of benzene rings is 2. The maximum atomic E-state index is 13.8. The normalized spacial score (nSPS) is 10.9. The van der Waals surface area contributed by atoms with Crippen LogP contribution in [0.15, 0.2) is 36.4 Å². The van der Waals surface area contributed by atoms with E-state index in [1.165, 1.54) is 6.92 Å². The summed E-state index contributed by atoms with van der Waals surface area (Å²) in [7, 11) is 0. The molecule has 0 fully saturated rings. The van der Waals surface area contributed by atoms with E-state index in [4.69, 9.17) is 0 Å². The van der Waals surface area contributed by atoms with Gasteiger partial charge in [0, 0.05) is 5.56 Å². The highest BCUT2D eigenvalue weighted by Crippen LogP contribution is 2.20. The zero-order chi connectivity index (χ0) is 14.9. The van der Waals surface area contributed by atoms with Crippen molar-refractivity contribution < 1.29 is 13.6 Å². The minimum Gasteiger partial charge on any atom is -0.288 e. The molecule has 0 saturated heterocycles. The van der Waals surface area contributed by atoms with Crippen molar-refractivity contribution in [3.8, 4) is 0 Å². The highest BCUT2D eigenvalue weighted by molar-refractivity contribution is 6.09. The molecular formula is C17H16F2O. The van der Waals surface area contributed by atoms with Crippen LogP contribution in [0.5, 0.6) is 0 Å². The molecule has 0 saturated carbocycles. The fourth-order valence-corrected chi connectivity index (χ4v) is 2.00. The Hall–Kier alpha value is -2.03. The Balaban J connectivity index is 2.38. The molecule has 2 aromatic carbocycles. The monoisotopic (exact) mass is 274 g/mol. The molecule has 0 heterocycles. The van der Waals surface area contributed by atoms with Gasteiger partial charge in [-0.25, -0.2) is 8.78 Å². The summed E-state index contributed by atoms with van der Waals surface area (Å²) in [5.41, 5.74) is 1.41. The van der Waals surface area contributed by atoms with Crippen LogP contribution in [-0.4, -0.2) is 5.78 Å². The van der Waals surface area contributed by atoms with Crippen LogP contribution in [0, 0.1) is 18.6 Å². The number of aryl methyl sites for hydroxylation is 1. The third kappa shape index (κ3) is 2.77. The van der Waals surface area contributed by atoms with Crippen LogP contribution in [0.3, 0.4) is 0 Å². The molecule has 0 unspecified atom stereocenters. The minimum absolute atomic E-state index is 0.189. The highest BCUT2D eigenvalue weighted by Gasteiger charge is 2.16. The lowest BCUT2D eigenvalue weighted by Crippen LogP contribution is -2.06. The van der Waals surface area contributed by atoms with Crippen LogP contribution in [0.1, 0.15) is 46.8 Å². The molecule has 0 bridgehead atoms. The lowest BCUT2D eigenvalue weighted by atomic mass is 9.97. The average Bonchev–Trinajstić information content (AvgIpc) is 2.42. The van der Waals surface area contributed by atoms with E-state index in [-0.39, 0.29) is 11.1 Å². The number of ketones is 1. The summed E-state index contributed by atoms with van der Waals surface area (Å²) < 4.78 is 27.3. The van der Waals surface area contributed by atoms with Gasteiger partial charge < -0.3 is 0 Å². The van der Waals surface area contributed by atoms with Gasteiger partial charge in [-0.15, -0.1) is 0 Å². The van der Waals surface area contributed by atoms with Crippen LogP contribution in [0.25, 0.3) is 0 Å². The summed E-state index contributed by atoms with van der Waals surface area (Å²) in [6, 6.07) is 8.97. The van der Waals surface area contributed by atoms with Crippen molar-refractivity contribution in [1.82, 2.24) is 0 Å². The predicted molar refractivity (Wildman–Crippen MR) is 75.1 cm³/mol. The van der Waals surface area contributed by atoms with Crippen molar-refractivity contribution in [2.45, 2.75) is 26.7 Å². The van der Waals surface area contributed by atoms with Gasteiger partial charge in [-0.1, -0.05) is 38.1 Å². The zero-order valence-electron chi connectivity index (χ0n) is 11.7. The summed E-state index contributed by atoms with van der Waals surface area (Å²) >= 11 is 0. The van der Waals surface area contributed by atoms with Crippen molar-refractivity contribution in [3.63, 3.8) is 0 Å². The van der Waals surface area contributed by atoms with Gasteiger partial charge >= 0.3 is 0 Å². The zero-order valence-corrected chi connectivity index (χ0v) is 11.7. The van der Waals surface area contributed by atoms with E-state index in [2.05, 4.69) is 0 Å². The van der Waals surface area contributed by atoms with E-state index < -0.39 is 17.4 Å². The molecule has 0 atom stereocenters. The predicted octanol–water partition coefficient (Wildman–Crippen LogP) is 4.63. The van der Waals surface area contributed by atoms with Crippen LogP contribution in [-0.2, 0) is 0 Å². The van der Waals surface area contributed by atoms with E-state index in [1.807, 2.05) is 26.0 Å². The highest BCUT2D eigenvalue weighted by atomic mass is 19.1. The van der Waals surface area contributed by atoms with Crippen LogP contribution in [0.2, 0.25) is 0 Å². The number of hydrogen-bond acceptors (Lipinski definition) is 1. The molecule has 2 aromatic rings. The number of hydrogen-bond donors (Lipinski definition) is 0. The molecule has 0 aliphatic carbocycles. The molecule has 0 aromatic heterocycles. The molecule has 1 nitrogen and oxygen atoms in total. The van der Waals surface area contributed by atoms with Crippen molar-refractivity contribution in [1.29, 1.82) is 0 Å². The molecule has 0 radical (unpaired) electrons. The molecule has 0 amide bonds. The van der Waals surface area contributed by atoms with Gasteiger partial charge in [-0.2, -0.15) is 0 Å². The van der Waals surface area contributed by atoms with Crippen LogP contribution in [0.4, 0.5) is 8.78 Å². The second kappa shape index (κ2) is 5.53. The number of halogens is 2. The Morgan fingerprint density at radius 1 is 1.00 bits per heavy atom. The van der Waals surface area contributed by atoms with E-state index in [9.17, 15) is 13.6 Å². The molecule has 0 spiro atoms. The van der Waals surface area contributed by atoms with Gasteiger partial charge in [0.25, 0.3) is 0 Å². The molecule has 0 N–H and O–H groups in total. The summed E-state index contributed by atoms with van der Waals surface area (Å²) in [6.07, 6.45) is 0. The molecule has 0 aliphatic heterocycles. The Morgan fingerprint density at radius 3 is 2.15 bits per heavy atom. The summed E-state index contributed by atoms with van der Waals surface area (Å²) in [5.74, 6) is -1.42. The van der Waals surface area contributed by atoms with Crippen molar-refractivity contribution in [3.05, 3.63) is 70.3 Å². The quantitative estimate of drug-likeness (QED) is 0.746. The molecule has 104 valence electrons. The first-order valence-corrected chi connectivity index (χ1v) is 6.50. The second-order valence-electron chi connectivity index (χ2n) is 5.19. The van der Waals surface area contributed by atoms with Gasteiger partial charge in [0.05, 0.1) is 5.56 Å². The summed E-state index contributed by atoms with van der Waals surface area (Å²) in [4.78, 5) is 12.2. The Kier molecular flexibility index (Phi) is 3.98. The maximum absolute atomic E-state index is 13.8.